The van der Waals surface area contributed by atoms with Crippen LogP contribution in [0.1, 0.15) is 16.7 Å². The van der Waals surface area contributed by atoms with Gasteiger partial charge >= 0.3 is 0 Å². The van der Waals surface area contributed by atoms with Crippen LogP contribution >= 0.6 is 12.6 Å². The lowest BCUT2D eigenvalue weighted by molar-refractivity contribution is 0.457. The monoisotopic (exact) mass is 168 g/mol. The number of hydrogen-bond donors (Lipinski definition) is 2. The average molecular weight is 168 g/mol. The fourth-order valence-corrected chi connectivity index (χ4v) is 1.28. The molecule has 11 heavy (non-hydrogen) atoms. The molecule has 2 heteroatoms. The molecule has 0 aliphatic carbocycles. The van der Waals surface area contributed by atoms with E-state index in [0.717, 1.165) is 16.7 Å². The van der Waals surface area contributed by atoms with Crippen LogP contribution in [0.2, 0.25) is 0 Å². The minimum atomic E-state index is 0.311. The van der Waals surface area contributed by atoms with Gasteiger partial charge in [-0.2, -0.15) is 0 Å². The lowest BCUT2D eigenvalue weighted by Crippen LogP contribution is -1.86. The second-order valence-corrected chi connectivity index (χ2v) is 3.28. The molecule has 1 aromatic carbocycles. The third-order valence-corrected chi connectivity index (χ3v) is 2.54. The molecule has 0 aliphatic rings. The molecule has 0 aliphatic heterocycles. The number of thiol groups is 1. The second kappa shape index (κ2) is 2.78. The minimum absolute atomic E-state index is 0.311. The van der Waals surface area contributed by atoms with E-state index in [2.05, 4.69) is 12.6 Å². The van der Waals surface area contributed by atoms with Crippen molar-refractivity contribution in [1.29, 1.82) is 0 Å². The van der Waals surface area contributed by atoms with Crippen molar-refractivity contribution >= 4 is 12.6 Å². The minimum Gasteiger partial charge on any atom is -0.506 e. The Hall–Kier alpha value is -0.630. The van der Waals surface area contributed by atoms with Gasteiger partial charge in [-0.05, 0) is 37.5 Å². The fourth-order valence-electron chi connectivity index (χ4n) is 1.05. The van der Waals surface area contributed by atoms with Gasteiger partial charge in [0.1, 0.15) is 5.75 Å². The quantitative estimate of drug-likeness (QED) is 0.570. The molecule has 0 atom stereocenters. The van der Waals surface area contributed by atoms with Crippen LogP contribution in [-0.4, -0.2) is 5.11 Å². The highest BCUT2D eigenvalue weighted by atomic mass is 32.1. The van der Waals surface area contributed by atoms with E-state index in [1.54, 1.807) is 0 Å². The van der Waals surface area contributed by atoms with Crippen molar-refractivity contribution in [1.82, 2.24) is 0 Å². The molecule has 0 spiro atoms. The number of rotatable bonds is 0. The Kier molecular flexibility index (Phi) is 2.14. The number of aromatic hydroxyl groups is 1. The van der Waals surface area contributed by atoms with Gasteiger partial charge in [0.2, 0.25) is 0 Å². The van der Waals surface area contributed by atoms with Crippen molar-refractivity contribution in [2.24, 2.45) is 0 Å². The molecule has 0 bridgehead atoms. The van der Waals surface area contributed by atoms with Crippen molar-refractivity contribution in [3.05, 3.63) is 22.8 Å². The van der Waals surface area contributed by atoms with Crippen molar-refractivity contribution in [2.75, 3.05) is 0 Å². The fraction of sp³-hybridized carbons (Fsp3) is 0.333. The SMILES string of the molecule is Cc1cc(C)c(S)c(O)c1C. The van der Waals surface area contributed by atoms with E-state index in [0.29, 0.717) is 10.6 Å². The van der Waals surface area contributed by atoms with Gasteiger partial charge in [-0.1, -0.05) is 6.07 Å². The Bertz CT molecular complexity index is 266. The molecule has 1 nitrogen and oxygen atoms in total. The normalized spacial score (nSPS) is 10.2. The van der Waals surface area contributed by atoms with E-state index in [9.17, 15) is 5.11 Å². The zero-order valence-electron chi connectivity index (χ0n) is 6.97. The Balaban J connectivity index is 3.46. The van der Waals surface area contributed by atoms with Crippen LogP contribution in [0.4, 0.5) is 0 Å². The molecule has 1 aromatic rings. The Labute approximate surface area is 72.5 Å². The Morgan fingerprint density at radius 2 is 1.73 bits per heavy atom. The molecular formula is C9H12OS. The third kappa shape index (κ3) is 1.36. The van der Waals surface area contributed by atoms with Crippen LogP contribution in [-0.2, 0) is 0 Å². The molecule has 1 rings (SSSR count). The Morgan fingerprint density at radius 1 is 1.18 bits per heavy atom. The molecule has 0 saturated heterocycles. The van der Waals surface area contributed by atoms with E-state index in [1.165, 1.54) is 0 Å². The Morgan fingerprint density at radius 3 is 2.27 bits per heavy atom. The number of hydrogen-bond acceptors (Lipinski definition) is 2. The highest BCUT2D eigenvalue weighted by molar-refractivity contribution is 7.80. The molecule has 0 radical (unpaired) electrons. The van der Waals surface area contributed by atoms with Crippen molar-refractivity contribution in [3.63, 3.8) is 0 Å². The molecule has 60 valence electrons. The predicted molar refractivity (Wildman–Crippen MR) is 49.6 cm³/mol. The van der Waals surface area contributed by atoms with Gasteiger partial charge in [0.25, 0.3) is 0 Å². The summed E-state index contributed by atoms with van der Waals surface area (Å²) in [5, 5.41) is 9.49. The zero-order chi connectivity index (χ0) is 8.59. The van der Waals surface area contributed by atoms with Crippen LogP contribution in [0.15, 0.2) is 11.0 Å². The summed E-state index contributed by atoms with van der Waals surface area (Å²) in [7, 11) is 0. The molecule has 0 aromatic heterocycles. The first-order chi connectivity index (χ1) is 5.04. The maximum Gasteiger partial charge on any atom is 0.132 e. The maximum absolute atomic E-state index is 9.49. The number of phenols is 1. The summed E-state index contributed by atoms with van der Waals surface area (Å²) < 4.78 is 0. The largest absolute Gasteiger partial charge is 0.506 e. The zero-order valence-corrected chi connectivity index (χ0v) is 7.87. The van der Waals surface area contributed by atoms with Gasteiger partial charge in [0, 0.05) is 4.90 Å². The van der Waals surface area contributed by atoms with Crippen LogP contribution in [0.5, 0.6) is 5.75 Å². The summed E-state index contributed by atoms with van der Waals surface area (Å²) in [5.74, 6) is 0.311. The number of aryl methyl sites for hydroxylation is 2. The highest BCUT2D eigenvalue weighted by Gasteiger charge is 2.05. The summed E-state index contributed by atoms with van der Waals surface area (Å²) in [6.07, 6.45) is 0. The first kappa shape index (κ1) is 8.47. The van der Waals surface area contributed by atoms with Crippen molar-refractivity contribution in [3.8, 4) is 5.75 Å². The lowest BCUT2D eigenvalue weighted by Gasteiger charge is -2.08. The van der Waals surface area contributed by atoms with Gasteiger partial charge in [-0.3, -0.25) is 0 Å². The topological polar surface area (TPSA) is 20.2 Å². The van der Waals surface area contributed by atoms with Crippen molar-refractivity contribution < 1.29 is 5.11 Å². The van der Waals surface area contributed by atoms with E-state index >= 15 is 0 Å². The molecule has 1 N–H and O–H groups in total. The van der Waals surface area contributed by atoms with E-state index in [4.69, 9.17) is 0 Å². The average Bonchev–Trinajstić information content (AvgIpc) is 1.97. The van der Waals surface area contributed by atoms with Crippen molar-refractivity contribution in [2.45, 2.75) is 25.7 Å². The standard InChI is InChI=1S/C9H12OS/c1-5-4-6(2)9(11)8(10)7(5)3/h4,10-11H,1-3H3. The number of phenolic OH excluding ortho intramolecular Hbond substituents is 1. The highest BCUT2D eigenvalue weighted by Crippen LogP contribution is 2.30. The number of benzene rings is 1. The summed E-state index contributed by atoms with van der Waals surface area (Å²) in [4.78, 5) is 0.688. The molecule has 0 unspecified atom stereocenters. The molecule has 0 heterocycles. The van der Waals surface area contributed by atoms with Gasteiger partial charge in [0.05, 0.1) is 0 Å². The first-order valence-electron chi connectivity index (χ1n) is 3.52. The summed E-state index contributed by atoms with van der Waals surface area (Å²) >= 11 is 4.18. The van der Waals surface area contributed by atoms with Crippen LogP contribution in [0, 0.1) is 20.8 Å². The molecular weight excluding hydrogens is 156 g/mol. The summed E-state index contributed by atoms with van der Waals surface area (Å²) in [6.45, 7) is 5.81. The van der Waals surface area contributed by atoms with Crippen LogP contribution < -0.4 is 0 Å². The second-order valence-electron chi connectivity index (χ2n) is 2.83. The van der Waals surface area contributed by atoms with Gasteiger partial charge < -0.3 is 5.11 Å². The predicted octanol–water partition coefficient (Wildman–Crippen LogP) is 2.61. The summed E-state index contributed by atoms with van der Waals surface area (Å²) in [6, 6.07) is 2.03. The molecule has 0 fully saturated rings. The van der Waals surface area contributed by atoms with Crippen LogP contribution in [0.3, 0.4) is 0 Å². The van der Waals surface area contributed by atoms with Crippen LogP contribution in [0.25, 0.3) is 0 Å². The molecule has 0 saturated carbocycles. The third-order valence-electron chi connectivity index (χ3n) is 1.98. The summed E-state index contributed by atoms with van der Waals surface area (Å²) in [5.41, 5.74) is 3.05. The van der Waals surface area contributed by atoms with Gasteiger partial charge in [0.15, 0.2) is 0 Å². The van der Waals surface area contributed by atoms with E-state index in [-0.39, 0.29) is 0 Å². The molecule has 0 amide bonds. The maximum atomic E-state index is 9.49. The van der Waals surface area contributed by atoms with E-state index < -0.39 is 0 Å². The van der Waals surface area contributed by atoms with Gasteiger partial charge in [-0.15, -0.1) is 12.6 Å². The van der Waals surface area contributed by atoms with Gasteiger partial charge in [-0.25, -0.2) is 0 Å². The lowest BCUT2D eigenvalue weighted by atomic mass is 10.1. The smallest absolute Gasteiger partial charge is 0.132 e. The first-order valence-corrected chi connectivity index (χ1v) is 3.97. The van der Waals surface area contributed by atoms with E-state index in [1.807, 2.05) is 26.8 Å².